The molecule has 0 spiro atoms. The standard InChI is InChI=1S/C13H19NO4/c1-12(2,15)13(16)8-11(18-14-13)9-4-6-10(17-3)7-5-9/h4-7,11,14-16H,8H2,1-3H3/t11-,13+/m1/s1. The molecule has 0 bridgehead atoms. The minimum atomic E-state index is -1.45. The van der Waals surface area contributed by atoms with E-state index in [-0.39, 0.29) is 12.5 Å². The Morgan fingerprint density at radius 3 is 2.44 bits per heavy atom. The Morgan fingerprint density at radius 2 is 2.00 bits per heavy atom. The third-order valence-electron chi connectivity index (χ3n) is 3.35. The van der Waals surface area contributed by atoms with Crippen LogP contribution >= 0.6 is 0 Å². The predicted octanol–water partition coefficient (Wildman–Crippen LogP) is 1.12. The normalized spacial score (nSPS) is 28.4. The fourth-order valence-electron chi connectivity index (χ4n) is 1.90. The number of hydroxylamine groups is 1. The third kappa shape index (κ3) is 2.35. The summed E-state index contributed by atoms with van der Waals surface area (Å²) >= 11 is 0. The van der Waals surface area contributed by atoms with Gasteiger partial charge in [-0.1, -0.05) is 12.1 Å². The van der Waals surface area contributed by atoms with Gasteiger partial charge in [-0.25, -0.2) is 0 Å². The number of aliphatic hydroxyl groups is 2. The van der Waals surface area contributed by atoms with Gasteiger partial charge in [-0.15, -0.1) is 0 Å². The van der Waals surface area contributed by atoms with Gasteiger partial charge in [-0.3, -0.25) is 4.84 Å². The van der Waals surface area contributed by atoms with Crippen LogP contribution in [0.1, 0.15) is 31.9 Å². The minimum Gasteiger partial charge on any atom is -0.497 e. The molecule has 0 radical (unpaired) electrons. The lowest BCUT2D eigenvalue weighted by Gasteiger charge is -2.33. The molecule has 1 fully saturated rings. The number of ether oxygens (including phenoxy) is 1. The van der Waals surface area contributed by atoms with Crippen molar-refractivity contribution >= 4 is 0 Å². The molecule has 0 saturated carbocycles. The van der Waals surface area contributed by atoms with Gasteiger partial charge < -0.3 is 14.9 Å². The van der Waals surface area contributed by atoms with Crippen molar-refractivity contribution in [1.82, 2.24) is 5.48 Å². The molecule has 2 rings (SSSR count). The maximum atomic E-state index is 10.2. The molecule has 1 heterocycles. The molecule has 5 heteroatoms. The molecule has 100 valence electrons. The second-order valence-electron chi connectivity index (χ2n) is 5.11. The first-order valence-corrected chi connectivity index (χ1v) is 5.87. The molecular formula is C13H19NO4. The molecule has 1 aromatic carbocycles. The maximum absolute atomic E-state index is 10.2. The molecule has 0 aliphatic carbocycles. The molecule has 18 heavy (non-hydrogen) atoms. The van der Waals surface area contributed by atoms with Crippen molar-refractivity contribution < 1.29 is 19.8 Å². The van der Waals surface area contributed by atoms with Crippen LogP contribution < -0.4 is 10.2 Å². The Kier molecular flexibility index (Phi) is 3.33. The van der Waals surface area contributed by atoms with Gasteiger partial charge in [0.05, 0.1) is 7.11 Å². The van der Waals surface area contributed by atoms with E-state index in [1.807, 2.05) is 24.3 Å². The molecule has 1 aliphatic rings. The number of nitrogens with one attached hydrogen (secondary N) is 1. The highest BCUT2D eigenvalue weighted by Crippen LogP contribution is 2.37. The summed E-state index contributed by atoms with van der Waals surface area (Å²) in [5, 5.41) is 20.2. The Morgan fingerprint density at radius 1 is 1.39 bits per heavy atom. The predicted molar refractivity (Wildman–Crippen MR) is 65.8 cm³/mol. The van der Waals surface area contributed by atoms with E-state index in [4.69, 9.17) is 9.57 Å². The largest absolute Gasteiger partial charge is 0.497 e. The molecule has 1 aliphatic heterocycles. The molecule has 2 atom stereocenters. The molecule has 0 aromatic heterocycles. The molecule has 5 nitrogen and oxygen atoms in total. The SMILES string of the molecule is COc1ccc([C@H]2C[C@](O)(C(C)(C)O)NO2)cc1. The summed E-state index contributed by atoms with van der Waals surface area (Å²) in [4.78, 5) is 5.35. The molecule has 0 unspecified atom stereocenters. The van der Waals surface area contributed by atoms with Gasteiger partial charge in [0.2, 0.25) is 0 Å². The summed E-state index contributed by atoms with van der Waals surface area (Å²) in [6.07, 6.45) is -0.0182. The van der Waals surface area contributed by atoms with Crippen LogP contribution in [0.3, 0.4) is 0 Å². The molecule has 0 amide bonds. The Hall–Kier alpha value is -1.14. The van der Waals surface area contributed by atoms with Crippen LogP contribution in [0.25, 0.3) is 0 Å². The van der Waals surface area contributed by atoms with Crippen LogP contribution in [0, 0.1) is 0 Å². The van der Waals surface area contributed by atoms with E-state index in [0.29, 0.717) is 0 Å². The van der Waals surface area contributed by atoms with Crippen molar-refractivity contribution in [3.05, 3.63) is 29.8 Å². The zero-order chi connectivity index (χ0) is 13.4. The van der Waals surface area contributed by atoms with Crippen molar-refractivity contribution in [1.29, 1.82) is 0 Å². The highest BCUT2D eigenvalue weighted by atomic mass is 16.7. The lowest BCUT2D eigenvalue weighted by Crippen LogP contribution is -2.56. The summed E-state index contributed by atoms with van der Waals surface area (Å²) in [5.41, 5.74) is 0.714. The van der Waals surface area contributed by atoms with E-state index in [9.17, 15) is 10.2 Å². The van der Waals surface area contributed by atoms with E-state index in [0.717, 1.165) is 11.3 Å². The van der Waals surface area contributed by atoms with Crippen molar-refractivity contribution in [2.24, 2.45) is 0 Å². The van der Waals surface area contributed by atoms with E-state index in [1.165, 1.54) is 0 Å². The Bertz CT molecular complexity index is 412. The summed E-state index contributed by atoms with van der Waals surface area (Å²) < 4.78 is 5.08. The van der Waals surface area contributed by atoms with Crippen LogP contribution in [-0.4, -0.2) is 28.6 Å². The van der Waals surface area contributed by atoms with Gasteiger partial charge in [0.15, 0.2) is 5.72 Å². The number of hydrogen-bond acceptors (Lipinski definition) is 5. The summed E-state index contributed by atoms with van der Waals surface area (Å²) in [5.74, 6) is 0.766. The first kappa shape index (κ1) is 13.3. The topological polar surface area (TPSA) is 71.0 Å². The van der Waals surface area contributed by atoms with Gasteiger partial charge in [0.25, 0.3) is 0 Å². The van der Waals surface area contributed by atoms with E-state index < -0.39 is 11.3 Å². The first-order chi connectivity index (χ1) is 8.36. The van der Waals surface area contributed by atoms with Crippen molar-refractivity contribution in [3.8, 4) is 5.75 Å². The summed E-state index contributed by atoms with van der Waals surface area (Å²) in [6.45, 7) is 3.08. The van der Waals surface area contributed by atoms with Gasteiger partial charge in [0.1, 0.15) is 17.5 Å². The second kappa shape index (κ2) is 4.51. The molecule has 3 N–H and O–H groups in total. The fourth-order valence-corrected chi connectivity index (χ4v) is 1.90. The average Bonchev–Trinajstić information content (AvgIpc) is 2.73. The highest BCUT2D eigenvalue weighted by molar-refractivity contribution is 5.29. The van der Waals surface area contributed by atoms with Gasteiger partial charge in [0, 0.05) is 6.42 Å². The van der Waals surface area contributed by atoms with Crippen LogP contribution in [0.4, 0.5) is 0 Å². The van der Waals surface area contributed by atoms with Gasteiger partial charge in [-0.2, -0.15) is 5.48 Å². The lowest BCUT2D eigenvalue weighted by molar-refractivity contribution is -0.173. The van der Waals surface area contributed by atoms with Crippen molar-refractivity contribution in [2.75, 3.05) is 7.11 Å². The van der Waals surface area contributed by atoms with Crippen LogP contribution in [0.15, 0.2) is 24.3 Å². The van der Waals surface area contributed by atoms with Crippen molar-refractivity contribution in [2.45, 2.75) is 37.7 Å². The first-order valence-electron chi connectivity index (χ1n) is 5.87. The number of methoxy groups -OCH3 is 1. The molecule has 1 saturated heterocycles. The summed E-state index contributed by atoms with van der Waals surface area (Å²) in [7, 11) is 1.61. The van der Waals surface area contributed by atoms with E-state index >= 15 is 0 Å². The minimum absolute atomic E-state index is 0.281. The highest BCUT2D eigenvalue weighted by Gasteiger charge is 2.49. The quantitative estimate of drug-likeness (QED) is 0.753. The van der Waals surface area contributed by atoms with Gasteiger partial charge >= 0.3 is 0 Å². The van der Waals surface area contributed by atoms with E-state index in [2.05, 4.69) is 5.48 Å². The smallest absolute Gasteiger partial charge is 0.168 e. The monoisotopic (exact) mass is 253 g/mol. The van der Waals surface area contributed by atoms with Crippen molar-refractivity contribution in [3.63, 3.8) is 0 Å². The fraction of sp³-hybridized carbons (Fsp3) is 0.538. The zero-order valence-corrected chi connectivity index (χ0v) is 10.8. The van der Waals surface area contributed by atoms with E-state index in [1.54, 1.807) is 21.0 Å². The number of benzene rings is 1. The molecular weight excluding hydrogens is 234 g/mol. The molecule has 1 aromatic rings. The van der Waals surface area contributed by atoms with Crippen LogP contribution in [0.5, 0.6) is 5.75 Å². The average molecular weight is 253 g/mol. The number of rotatable bonds is 3. The van der Waals surface area contributed by atoms with Gasteiger partial charge in [-0.05, 0) is 31.5 Å². The summed E-state index contributed by atoms with van der Waals surface area (Å²) in [6, 6.07) is 7.42. The Balaban J connectivity index is 2.13. The number of hydrogen-bond donors (Lipinski definition) is 3. The maximum Gasteiger partial charge on any atom is 0.168 e. The van der Waals surface area contributed by atoms with Crippen LogP contribution in [0.2, 0.25) is 0 Å². The van der Waals surface area contributed by atoms with Crippen LogP contribution in [-0.2, 0) is 4.84 Å². The second-order valence-corrected chi connectivity index (χ2v) is 5.11. The lowest BCUT2D eigenvalue weighted by atomic mass is 9.89. The zero-order valence-electron chi connectivity index (χ0n) is 10.8. The third-order valence-corrected chi connectivity index (χ3v) is 3.35. The Labute approximate surface area is 106 Å².